The van der Waals surface area contributed by atoms with Crippen LogP contribution in [0.1, 0.15) is 11.1 Å². The Bertz CT molecular complexity index is 715. The Morgan fingerprint density at radius 1 is 1.04 bits per heavy atom. The molecule has 2 amide bonds. The van der Waals surface area contributed by atoms with Crippen LogP contribution in [0.15, 0.2) is 53.6 Å². The minimum absolute atomic E-state index is 0.200. The highest BCUT2D eigenvalue weighted by atomic mass is 35.5. The standard InChI is InChI=1S/C16H13ClFN3O2/c17-13-5-1-11(2-6-13)9-19-15(22)16(23)21-20-10-12-3-7-14(18)8-4-12/h1-8,10H,9H2,(H,19,22)(H,21,23)/b20-10+. The number of carbonyl (C=O) groups excluding carboxylic acids is 2. The van der Waals surface area contributed by atoms with E-state index in [1.165, 1.54) is 30.5 Å². The zero-order chi connectivity index (χ0) is 16.7. The number of amides is 2. The minimum Gasteiger partial charge on any atom is -0.344 e. The SMILES string of the molecule is O=C(NCc1ccc(Cl)cc1)C(=O)N/N=C/c1ccc(F)cc1. The van der Waals surface area contributed by atoms with Crippen LogP contribution in [0.4, 0.5) is 4.39 Å². The summed E-state index contributed by atoms with van der Waals surface area (Å²) in [6.07, 6.45) is 1.31. The van der Waals surface area contributed by atoms with Gasteiger partial charge in [0, 0.05) is 11.6 Å². The second-order valence-electron chi connectivity index (χ2n) is 4.56. The molecular weight excluding hydrogens is 321 g/mol. The molecule has 7 heteroatoms. The molecule has 118 valence electrons. The van der Waals surface area contributed by atoms with Crippen LogP contribution >= 0.6 is 11.6 Å². The van der Waals surface area contributed by atoms with Crippen molar-refractivity contribution in [2.75, 3.05) is 0 Å². The van der Waals surface area contributed by atoms with E-state index in [0.29, 0.717) is 10.6 Å². The summed E-state index contributed by atoms with van der Waals surface area (Å²) in [6, 6.07) is 12.4. The van der Waals surface area contributed by atoms with Gasteiger partial charge in [-0.15, -0.1) is 0 Å². The highest BCUT2D eigenvalue weighted by Crippen LogP contribution is 2.08. The van der Waals surface area contributed by atoms with E-state index in [0.717, 1.165) is 5.56 Å². The number of hydrogen-bond donors (Lipinski definition) is 2. The molecule has 0 radical (unpaired) electrons. The van der Waals surface area contributed by atoms with Crippen LogP contribution in [-0.2, 0) is 16.1 Å². The zero-order valence-corrected chi connectivity index (χ0v) is 12.7. The Morgan fingerprint density at radius 3 is 2.35 bits per heavy atom. The van der Waals surface area contributed by atoms with Crippen LogP contribution in [0.3, 0.4) is 0 Å². The fraction of sp³-hybridized carbons (Fsp3) is 0.0625. The molecule has 0 saturated carbocycles. The fourth-order valence-electron chi connectivity index (χ4n) is 1.63. The molecule has 0 bridgehead atoms. The Morgan fingerprint density at radius 2 is 1.70 bits per heavy atom. The summed E-state index contributed by atoms with van der Waals surface area (Å²) in [7, 11) is 0. The summed E-state index contributed by atoms with van der Waals surface area (Å²) in [6.45, 7) is 0.200. The van der Waals surface area contributed by atoms with Crippen molar-refractivity contribution in [3.8, 4) is 0 Å². The van der Waals surface area contributed by atoms with Gasteiger partial charge in [-0.05, 0) is 35.4 Å². The van der Waals surface area contributed by atoms with Crippen LogP contribution < -0.4 is 10.7 Å². The van der Waals surface area contributed by atoms with Crippen LogP contribution in [0.2, 0.25) is 5.02 Å². The van der Waals surface area contributed by atoms with Crippen LogP contribution in [0.25, 0.3) is 0 Å². The van der Waals surface area contributed by atoms with Gasteiger partial charge in [0.05, 0.1) is 6.21 Å². The van der Waals surface area contributed by atoms with Crippen molar-refractivity contribution in [1.29, 1.82) is 0 Å². The Labute approximate surface area is 137 Å². The molecule has 0 aromatic heterocycles. The van der Waals surface area contributed by atoms with E-state index in [1.807, 2.05) is 0 Å². The number of nitrogens with zero attached hydrogens (tertiary/aromatic N) is 1. The molecule has 0 saturated heterocycles. The summed E-state index contributed by atoms with van der Waals surface area (Å²) in [5, 5.41) is 6.68. The lowest BCUT2D eigenvalue weighted by atomic mass is 10.2. The summed E-state index contributed by atoms with van der Waals surface area (Å²) in [4.78, 5) is 23.1. The molecule has 0 fully saturated rings. The largest absolute Gasteiger partial charge is 0.344 e. The van der Waals surface area contributed by atoms with Gasteiger partial charge in [0.25, 0.3) is 0 Å². The Hall–Kier alpha value is -2.73. The minimum atomic E-state index is -0.891. The van der Waals surface area contributed by atoms with Crippen LogP contribution in [0, 0.1) is 5.82 Å². The number of halogens is 2. The predicted molar refractivity (Wildman–Crippen MR) is 85.4 cm³/mol. The first-order valence-electron chi connectivity index (χ1n) is 6.66. The molecule has 0 aliphatic carbocycles. The van der Waals surface area contributed by atoms with Gasteiger partial charge in [-0.1, -0.05) is 35.9 Å². The number of nitrogens with one attached hydrogen (secondary N) is 2. The van der Waals surface area contributed by atoms with Crippen LogP contribution in [0.5, 0.6) is 0 Å². The maximum Gasteiger partial charge on any atom is 0.329 e. The van der Waals surface area contributed by atoms with E-state index in [2.05, 4.69) is 15.8 Å². The topological polar surface area (TPSA) is 70.6 Å². The predicted octanol–water partition coefficient (Wildman–Crippen LogP) is 2.25. The fourth-order valence-corrected chi connectivity index (χ4v) is 1.76. The van der Waals surface area contributed by atoms with Crippen molar-refractivity contribution in [2.45, 2.75) is 6.54 Å². The summed E-state index contributed by atoms with van der Waals surface area (Å²) >= 11 is 5.75. The van der Waals surface area contributed by atoms with Gasteiger partial charge in [-0.25, -0.2) is 9.82 Å². The van der Waals surface area contributed by atoms with Crippen molar-refractivity contribution in [1.82, 2.24) is 10.7 Å². The van der Waals surface area contributed by atoms with Gasteiger partial charge in [-0.2, -0.15) is 5.10 Å². The van der Waals surface area contributed by atoms with Crippen molar-refractivity contribution >= 4 is 29.6 Å². The lowest BCUT2D eigenvalue weighted by Crippen LogP contribution is -2.37. The maximum absolute atomic E-state index is 12.7. The lowest BCUT2D eigenvalue weighted by molar-refractivity contribution is -0.139. The maximum atomic E-state index is 12.7. The monoisotopic (exact) mass is 333 g/mol. The summed E-state index contributed by atoms with van der Waals surface area (Å²) in [5.74, 6) is -2.07. The molecule has 23 heavy (non-hydrogen) atoms. The third kappa shape index (κ3) is 5.52. The molecule has 0 aliphatic heterocycles. The van der Waals surface area contributed by atoms with E-state index >= 15 is 0 Å². The molecule has 0 spiro atoms. The highest BCUT2D eigenvalue weighted by molar-refractivity contribution is 6.35. The van der Waals surface area contributed by atoms with Gasteiger partial charge in [0.1, 0.15) is 5.82 Å². The quantitative estimate of drug-likeness (QED) is 0.512. The summed E-state index contributed by atoms with van der Waals surface area (Å²) < 4.78 is 12.7. The third-order valence-corrected chi connectivity index (χ3v) is 3.07. The molecule has 2 N–H and O–H groups in total. The van der Waals surface area contributed by atoms with Crippen molar-refractivity contribution in [2.24, 2.45) is 5.10 Å². The first-order valence-corrected chi connectivity index (χ1v) is 7.03. The number of rotatable bonds is 4. The normalized spacial score (nSPS) is 10.5. The molecule has 2 aromatic rings. The smallest absolute Gasteiger partial charge is 0.329 e. The molecular formula is C16H13ClFN3O2. The van der Waals surface area contributed by atoms with Gasteiger partial charge in [-0.3, -0.25) is 9.59 Å². The Balaban J connectivity index is 1.79. The first-order chi connectivity index (χ1) is 11.0. The summed E-state index contributed by atoms with van der Waals surface area (Å²) in [5.41, 5.74) is 3.50. The number of hydrogen-bond acceptors (Lipinski definition) is 3. The second kappa shape index (κ2) is 8.05. The van der Waals surface area contributed by atoms with E-state index < -0.39 is 11.8 Å². The molecule has 2 rings (SSSR count). The van der Waals surface area contributed by atoms with Crippen LogP contribution in [-0.4, -0.2) is 18.0 Å². The molecule has 2 aromatic carbocycles. The average molecular weight is 334 g/mol. The van der Waals surface area contributed by atoms with Gasteiger partial charge in [0.15, 0.2) is 0 Å². The highest BCUT2D eigenvalue weighted by Gasteiger charge is 2.11. The lowest BCUT2D eigenvalue weighted by Gasteiger charge is -2.04. The molecule has 0 aliphatic rings. The number of hydrazone groups is 1. The van der Waals surface area contributed by atoms with E-state index in [4.69, 9.17) is 11.6 Å². The second-order valence-corrected chi connectivity index (χ2v) is 5.00. The number of benzene rings is 2. The third-order valence-electron chi connectivity index (χ3n) is 2.82. The van der Waals surface area contributed by atoms with E-state index in [9.17, 15) is 14.0 Å². The molecule has 0 heterocycles. The first kappa shape index (κ1) is 16.6. The molecule has 5 nitrogen and oxygen atoms in total. The van der Waals surface area contributed by atoms with Crippen molar-refractivity contribution in [3.63, 3.8) is 0 Å². The van der Waals surface area contributed by atoms with Gasteiger partial charge >= 0.3 is 11.8 Å². The van der Waals surface area contributed by atoms with Crippen molar-refractivity contribution in [3.05, 3.63) is 70.5 Å². The molecule has 0 unspecified atom stereocenters. The van der Waals surface area contributed by atoms with Crippen molar-refractivity contribution < 1.29 is 14.0 Å². The Kier molecular flexibility index (Phi) is 5.82. The average Bonchev–Trinajstić information content (AvgIpc) is 2.55. The molecule has 0 atom stereocenters. The van der Waals surface area contributed by atoms with Gasteiger partial charge < -0.3 is 5.32 Å². The van der Waals surface area contributed by atoms with Gasteiger partial charge in [0.2, 0.25) is 0 Å². The van der Waals surface area contributed by atoms with E-state index in [-0.39, 0.29) is 12.4 Å². The zero-order valence-electron chi connectivity index (χ0n) is 11.9. The van der Waals surface area contributed by atoms with E-state index in [1.54, 1.807) is 24.3 Å². The number of carbonyl (C=O) groups is 2.